The second-order valence-electron chi connectivity index (χ2n) is 7.30. The molecule has 144 valence electrons. The normalized spacial score (nSPS) is 19.4. The number of H-pyrrole nitrogens is 2. The fraction of sp³-hybridized carbons (Fsp3) is 0.778. The summed E-state index contributed by atoms with van der Waals surface area (Å²) in [7, 11) is 0. The van der Waals surface area contributed by atoms with Gasteiger partial charge in [0, 0.05) is 24.3 Å². The topological polar surface area (TPSA) is 98.9 Å². The van der Waals surface area contributed by atoms with Gasteiger partial charge in [-0.05, 0) is 25.7 Å². The molecule has 2 saturated carbocycles. The Morgan fingerprint density at radius 1 is 1.00 bits per heavy atom. The van der Waals surface area contributed by atoms with Crippen molar-refractivity contribution in [2.24, 2.45) is 0 Å². The van der Waals surface area contributed by atoms with Gasteiger partial charge in [0.25, 0.3) is 5.56 Å². The van der Waals surface area contributed by atoms with Gasteiger partial charge in [-0.1, -0.05) is 50.3 Å². The molecule has 3 rings (SSSR count). The second kappa shape index (κ2) is 9.39. The number of hydrogen-bond acceptors (Lipinski definition) is 5. The Morgan fingerprint density at radius 2 is 1.58 bits per heavy atom. The van der Waals surface area contributed by atoms with Crippen LogP contribution in [-0.4, -0.2) is 43.8 Å². The van der Waals surface area contributed by atoms with Crippen LogP contribution in [0.2, 0.25) is 0 Å². The lowest BCUT2D eigenvalue weighted by Crippen LogP contribution is -2.48. The summed E-state index contributed by atoms with van der Waals surface area (Å²) >= 11 is 1.22. The molecule has 7 nitrogen and oxygen atoms in total. The van der Waals surface area contributed by atoms with Crippen LogP contribution in [0.4, 0.5) is 0 Å². The minimum Gasteiger partial charge on any atom is -0.337 e. The Labute approximate surface area is 157 Å². The number of nitrogens with zero attached hydrogens (tertiary/aromatic N) is 2. The zero-order chi connectivity index (χ0) is 18.4. The van der Waals surface area contributed by atoms with Crippen LogP contribution in [0.3, 0.4) is 0 Å². The van der Waals surface area contributed by atoms with Crippen LogP contribution in [0.1, 0.15) is 70.6 Å². The Bertz CT molecular complexity index is 687. The van der Waals surface area contributed by atoms with E-state index in [9.17, 15) is 14.4 Å². The fourth-order valence-corrected chi connectivity index (χ4v) is 4.98. The third-order valence-corrected chi connectivity index (χ3v) is 6.42. The summed E-state index contributed by atoms with van der Waals surface area (Å²) in [4.78, 5) is 40.1. The van der Waals surface area contributed by atoms with E-state index in [-0.39, 0.29) is 10.9 Å². The van der Waals surface area contributed by atoms with Crippen molar-refractivity contribution in [2.75, 3.05) is 5.75 Å². The van der Waals surface area contributed by atoms with Crippen molar-refractivity contribution in [1.82, 2.24) is 20.1 Å². The summed E-state index contributed by atoms with van der Waals surface area (Å²) in [5.41, 5.74) is -1.11. The first-order valence-electron chi connectivity index (χ1n) is 9.78. The molecule has 1 amide bonds. The van der Waals surface area contributed by atoms with Crippen molar-refractivity contribution >= 4 is 17.7 Å². The highest BCUT2D eigenvalue weighted by molar-refractivity contribution is 7.99. The van der Waals surface area contributed by atoms with Crippen molar-refractivity contribution in [2.45, 2.75) is 87.7 Å². The lowest BCUT2D eigenvalue weighted by molar-refractivity contribution is -0.137. The van der Waals surface area contributed by atoms with E-state index in [2.05, 4.69) is 20.1 Å². The maximum atomic E-state index is 13.0. The van der Waals surface area contributed by atoms with Crippen LogP contribution >= 0.6 is 11.8 Å². The number of thioether (sulfide) groups is 1. The average Bonchev–Trinajstić information content (AvgIpc) is 2.65. The molecule has 0 atom stereocenters. The quantitative estimate of drug-likeness (QED) is 0.739. The first kappa shape index (κ1) is 19.2. The first-order chi connectivity index (χ1) is 12.6. The number of aromatic nitrogens is 3. The molecule has 0 aliphatic heterocycles. The van der Waals surface area contributed by atoms with E-state index in [0.717, 1.165) is 25.7 Å². The van der Waals surface area contributed by atoms with Gasteiger partial charge in [0.1, 0.15) is 0 Å². The molecule has 26 heavy (non-hydrogen) atoms. The smallest absolute Gasteiger partial charge is 0.337 e. The molecule has 2 aliphatic carbocycles. The number of carbonyl (C=O) groups excluding carboxylic acids is 1. The molecule has 1 heterocycles. The van der Waals surface area contributed by atoms with Gasteiger partial charge in [-0.15, -0.1) is 0 Å². The highest BCUT2D eigenvalue weighted by atomic mass is 32.2. The molecule has 1 aromatic heterocycles. The molecule has 2 N–H and O–H groups in total. The summed E-state index contributed by atoms with van der Waals surface area (Å²) in [6, 6.07) is 0.776. The van der Waals surface area contributed by atoms with Crippen molar-refractivity contribution in [1.29, 1.82) is 0 Å². The van der Waals surface area contributed by atoms with Crippen LogP contribution in [0.5, 0.6) is 0 Å². The number of hydrogen-bond donors (Lipinski definition) is 2. The van der Waals surface area contributed by atoms with Gasteiger partial charge in [-0.25, -0.2) is 9.89 Å². The molecule has 0 aromatic carbocycles. The minimum absolute atomic E-state index is 0.206. The zero-order valence-electron chi connectivity index (χ0n) is 15.2. The van der Waals surface area contributed by atoms with E-state index in [1.165, 1.54) is 50.3 Å². The third kappa shape index (κ3) is 4.99. The lowest BCUT2D eigenvalue weighted by atomic mass is 9.88. The Morgan fingerprint density at radius 3 is 2.12 bits per heavy atom. The van der Waals surface area contributed by atoms with Crippen LogP contribution in [0.15, 0.2) is 14.6 Å². The molecule has 0 unspecified atom stereocenters. The van der Waals surface area contributed by atoms with Crippen LogP contribution in [-0.2, 0) is 4.79 Å². The largest absolute Gasteiger partial charge is 0.342 e. The maximum Gasteiger partial charge on any atom is 0.342 e. The summed E-state index contributed by atoms with van der Waals surface area (Å²) in [5.74, 6) is 0.703. The zero-order valence-corrected chi connectivity index (χ0v) is 16.0. The van der Waals surface area contributed by atoms with Gasteiger partial charge in [0.15, 0.2) is 5.03 Å². The van der Waals surface area contributed by atoms with Gasteiger partial charge in [0.2, 0.25) is 5.91 Å². The molecule has 0 saturated heterocycles. The van der Waals surface area contributed by atoms with Crippen molar-refractivity contribution in [3.8, 4) is 0 Å². The van der Waals surface area contributed by atoms with E-state index < -0.39 is 11.2 Å². The lowest BCUT2D eigenvalue weighted by Gasteiger charge is -2.42. The number of aromatic amines is 2. The minimum atomic E-state index is -0.615. The average molecular weight is 381 g/mol. The summed E-state index contributed by atoms with van der Waals surface area (Å²) in [5, 5.41) is 6.19. The van der Waals surface area contributed by atoms with Crippen LogP contribution < -0.4 is 11.2 Å². The van der Waals surface area contributed by atoms with E-state index in [4.69, 9.17) is 0 Å². The predicted molar refractivity (Wildman–Crippen MR) is 101 cm³/mol. The number of amides is 1. The fourth-order valence-electron chi connectivity index (χ4n) is 4.22. The molecule has 8 heteroatoms. The van der Waals surface area contributed by atoms with Crippen molar-refractivity contribution in [3.05, 3.63) is 20.8 Å². The van der Waals surface area contributed by atoms with Crippen molar-refractivity contribution < 1.29 is 4.79 Å². The third-order valence-electron chi connectivity index (χ3n) is 5.46. The molecular formula is C18H28N4O3S. The molecule has 0 spiro atoms. The predicted octanol–water partition coefficient (Wildman–Crippen LogP) is 2.43. The number of carbonyl (C=O) groups is 1. The number of nitrogens with one attached hydrogen (secondary N) is 2. The SMILES string of the molecule is O=C(CCSc1n[nH]c(=O)[nH]c1=O)N(C1CCCCC1)C1CCCCC1. The first-order valence-corrected chi connectivity index (χ1v) is 10.8. The van der Waals surface area contributed by atoms with E-state index in [1.54, 1.807) is 0 Å². The van der Waals surface area contributed by atoms with Gasteiger partial charge < -0.3 is 4.90 Å². The van der Waals surface area contributed by atoms with Crippen LogP contribution in [0.25, 0.3) is 0 Å². The Balaban J connectivity index is 1.60. The van der Waals surface area contributed by atoms with Crippen LogP contribution in [0, 0.1) is 0 Å². The molecule has 2 aliphatic rings. The van der Waals surface area contributed by atoms with E-state index >= 15 is 0 Å². The highest BCUT2D eigenvalue weighted by Gasteiger charge is 2.32. The second-order valence-corrected chi connectivity index (χ2v) is 8.38. The molecule has 2 fully saturated rings. The molecule has 1 aromatic rings. The number of rotatable bonds is 6. The van der Waals surface area contributed by atoms with Gasteiger partial charge >= 0.3 is 5.69 Å². The van der Waals surface area contributed by atoms with Gasteiger partial charge in [-0.3, -0.25) is 14.6 Å². The Hall–Kier alpha value is -1.57. The molecular weight excluding hydrogens is 352 g/mol. The van der Waals surface area contributed by atoms with Gasteiger partial charge in [-0.2, -0.15) is 5.10 Å². The summed E-state index contributed by atoms with van der Waals surface area (Å²) < 4.78 is 0. The highest BCUT2D eigenvalue weighted by Crippen LogP contribution is 2.31. The van der Waals surface area contributed by atoms with E-state index in [0.29, 0.717) is 24.3 Å². The summed E-state index contributed by atoms with van der Waals surface area (Å²) in [6.07, 6.45) is 12.3. The molecule has 0 radical (unpaired) electrons. The Kier molecular flexibility index (Phi) is 6.93. The monoisotopic (exact) mass is 380 g/mol. The van der Waals surface area contributed by atoms with Gasteiger partial charge in [0.05, 0.1) is 0 Å². The summed E-state index contributed by atoms with van der Waals surface area (Å²) in [6.45, 7) is 0. The standard InChI is InChI=1S/C18H28N4O3S/c23-15(11-12-26-17-16(24)19-18(25)21-20-17)22(13-7-3-1-4-8-13)14-9-5-2-6-10-14/h13-14H,1-12H2,(H2,19,21,24,25). The molecule has 0 bridgehead atoms. The van der Waals surface area contributed by atoms with E-state index in [1.807, 2.05) is 0 Å². The maximum absolute atomic E-state index is 13.0. The van der Waals surface area contributed by atoms with Crippen molar-refractivity contribution in [3.63, 3.8) is 0 Å².